The van der Waals surface area contributed by atoms with Gasteiger partial charge in [-0.1, -0.05) is 70.4 Å². The van der Waals surface area contributed by atoms with E-state index in [1.807, 2.05) is 0 Å². The zero-order valence-corrected chi connectivity index (χ0v) is 16.6. The number of fused-ring (bicyclic) bond motifs is 3. The van der Waals surface area contributed by atoms with Gasteiger partial charge in [-0.2, -0.15) is 0 Å². The van der Waals surface area contributed by atoms with Gasteiger partial charge in [0, 0.05) is 0 Å². The van der Waals surface area contributed by atoms with Gasteiger partial charge in [-0.25, -0.2) is 0 Å². The van der Waals surface area contributed by atoms with Gasteiger partial charge in [0.25, 0.3) is 0 Å². The largest absolute Gasteiger partial charge is 0.0996 e. The van der Waals surface area contributed by atoms with Gasteiger partial charge in [-0.05, 0) is 85.4 Å². The van der Waals surface area contributed by atoms with E-state index >= 15 is 0 Å². The summed E-state index contributed by atoms with van der Waals surface area (Å²) in [7, 11) is 0. The van der Waals surface area contributed by atoms with Crippen molar-refractivity contribution in [3.05, 3.63) is 12.2 Å². The molecule has 0 saturated heterocycles. The molecule has 0 aliphatic heterocycles. The van der Waals surface area contributed by atoms with Gasteiger partial charge in [0.15, 0.2) is 0 Å². The molecule has 0 radical (unpaired) electrons. The Balaban J connectivity index is 1.35. The molecule has 5 aliphatic rings. The third kappa shape index (κ3) is 2.68. The number of rotatable bonds is 2. The van der Waals surface area contributed by atoms with Crippen molar-refractivity contribution in [1.29, 1.82) is 0 Å². The maximum Gasteiger partial charge on any atom is -0.0172 e. The van der Waals surface area contributed by atoms with Crippen molar-refractivity contribution in [3.8, 4) is 0 Å². The van der Waals surface area contributed by atoms with Crippen LogP contribution in [0.25, 0.3) is 0 Å². The van der Waals surface area contributed by atoms with Crippen molar-refractivity contribution in [2.75, 3.05) is 0 Å². The minimum atomic E-state index is 0.728. The molecule has 5 rings (SSSR count). The summed E-state index contributed by atoms with van der Waals surface area (Å²) < 4.78 is 0. The average molecular weight is 341 g/mol. The zero-order valence-electron chi connectivity index (χ0n) is 16.6. The first-order valence-electron chi connectivity index (χ1n) is 11.9. The summed E-state index contributed by atoms with van der Waals surface area (Å²) in [5.41, 5.74) is 2.40. The van der Waals surface area contributed by atoms with Crippen molar-refractivity contribution in [1.82, 2.24) is 0 Å². The molecular weight excluding hydrogens is 300 g/mol. The Morgan fingerprint density at radius 2 is 1.48 bits per heavy atom. The van der Waals surface area contributed by atoms with Gasteiger partial charge < -0.3 is 0 Å². The van der Waals surface area contributed by atoms with E-state index in [4.69, 9.17) is 0 Å². The summed E-state index contributed by atoms with van der Waals surface area (Å²) in [6, 6.07) is 0. The molecule has 5 saturated carbocycles. The molecule has 0 unspecified atom stereocenters. The fraction of sp³-hybridized carbons (Fsp3) is 0.920. The van der Waals surface area contributed by atoms with Gasteiger partial charge in [0.05, 0.1) is 0 Å². The predicted molar refractivity (Wildman–Crippen MR) is 106 cm³/mol. The highest BCUT2D eigenvalue weighted by Crippen LogP contribution is 2.74. The van der Waals surface area contributed by atoms with E-state index in [1.54, 1.807) is 37.7 Å². The van der Waals surface area contributed by atoms with Gasteiger partial charge >= 0.3 is 0 Å². The second-order valence-corrected chi connectivity index (χ2v) is 10.9. The molecule has 0 N–H and O–H groups in total. The van der Waals surface area contributed by atoms with Crippen LogP contribution in [0.1, 0.15) is 96.8 Å². The van der Waals surface area contributed by atoms with E-state index in [2.05, 4.69) is 13.5 Å². The average Bonchev–Trinajstić information content (AvgIpc) is 3.08. The third-order valence-electron chi connectivity index (χ3n) is 10.1. The van der Waals surface area contributed by atoms with E-state index in [-0.39, 0.29) is 0 Å². The summed E-state index contributed by atoms with van der Waals surface area (Å²) in [6.45, 7) is 7.35. The minimum absolute atomic E-state index is 0.728. The molecule has 0 heterocycles. The first-order chi connectivity index (χ1) is 12.2. The van der Waals surface area contributed by atoms with Crippen molar-refractivity contribution >= 4 is 0 Å². The monoisotopic (exact) mass is 340 g/mol. The molecule has 0 bridgehead atoms. The lowest BCUT2D eigenvalue weighted by molar-refractivity contribution is 0.186. The molecular formula is C25H40. The van der Waals surface area contributed by atoms with Crippen LogP contribution in [-0.2, 0) is 0 Å². The van der Waals surface area contributed by atoms with Crippen LogP contribution in [0.4, 0.5) is 0 Å². The summed E-state index contributed by atoms with van der Waals surface area (Å²) in [4.78, 5) is 0. The van der Waals surface area contributed by atoms with E-state index in [0.29, 0.717) is 0 Å². The van der Waals surface area contributed by atoms with Gasteiger partial charge in [0.1, 0.15) is 0 Å². The van der Waals surface area contributed by atoms with Crippen LogP contribution in [0.3, 0.4) is 0 Å². The van der Waals surface area contributed by atoms with Crippen LogP contribution < -0.4 is 0 Å². The Labute approximate surface area is 156 Å². The molecule has 25 heavy (non-hydrogen) atoms. The second kappa shape index (κ2) is 6.42. The Morgan fingerprint density at radius 3 is 2.20 bits per heavy atom. The van der Waals surface area contributed by atoms with Gasteiger partial charge in [0.2, 0.25) is 0 Å². The highest BCUT2D eigenvalue weighted by atomic mass is 14.7. The third-order valence-corrected chi connectivity index (χ3v) is 10.1. The number of hydrogen-bond donors (Lipinski definition) is 0. The maximum absolute atomic E-state index is 4.61. The van der Waals surface area contributed by atoms with Gasteiger partial charge in [-0.3, -0.25) is 0 Å². The van der Waals surface area contributed by atoms with Crippen LogP contribution in [0.15, 0.2) is 12.2 Å². The van der Waals surface area contributed by atoms with Crippen molar-refractivity contribution in [3.63, 3.8) is 0 Å². The standard InChI is InChI=1S/C25H40/c1-17-13-14-23-24(25(23,2)20-11-7-4-8-12-20)22-16-19(15-21(17)22)18-9-5-3-6-10-18/h18-24H,1,3-16H2,2H3/t19-,21+,22+,23+,24-,25+/m0/s1. The summed E-state index contributed by atoms with van der Waals surface area (Å²) in [5.74, 6) is 7.28. The maximum atomic E-state index is 4.61. The lowest BCUT2D eigenvalue weighted by atomic mass is 9.72. The molecule has 0 aromatic rings. The molecule has 0 aromatic carbocycles. The normalized spacial score (nSPS) is 48.7. The van der Waals surface area contributed by atoms with Crippen molar-refractivity contribution in [2.45, 2.75) is 96.8 Å². The molecule has 5 aliphatic carbocycles. The molecule has 0 spiro atoms. The first-order valence-corrected chi connectivity index (χ1v) is 11.9. The first kappa shape index (κ1) is 16.9. The SMILES string of the molecule is C=C1CC[C@@H]2[C@H]([C@@H]3C[C@@H](C4CCCCC4)C[C@H]13)[C@]2(C)C1CCCCC1. The van der Waals surface area contributed by atoms with Crippen LogP contribution >= 0.6 is 0 Å². The quantitative estimate of drug-likeness (QED) is 0.460. The lowest BCUT2D eigenvalue weighted by Crippen LogP contribution is -2.23. The Bertz CT molecular complexity index is 506. The molecule has 6 atom stereocenters. The Hall–Kier alpha value is -0.260. The van der Waals surface area contributed by atoms with E-state index < -0.39 is 0 Å². The fourth-order valence-electron chi connectivity index (χ4n) is 8.70. The van der Waals surface area contributed by atoms with Crippen LogP contribution in [0.2, 0.25) is 0 Å². The number of hydrogen-bond acceptors (Lipinski definition) is 0. The topological polar surface area (TPSA) is 0 Å². The molecule has 0 heteroatoms. The van der Waals surface area contributed by atoms with Crippen LogP contribution in [0, 0.1) is 46.8 Å². The molecule has 140 valence electrons. The lowest BCUT2D eigenvalue weighted by Gasteiger charge is -2.32. The Kier molecular flexibility index (Phi) is 4.33. The zero-order chi connectivity index (χ0) is 17.0. The second-order valence-electron chi connectivity index (χ2n) is 10.9. The minimum Gasteiger partial charge on any atom is -0.0996 e. The summed E-state index contributed by atoms with van der Waals surface area (Å²) in [5, 5.41) is 0. The summed E-state index contributed by atoms with van der Waals surface area (Å²) in [6.07, 6.45) is 21.2. The van der Waals surface area contributed by atoms with Crippen molar-refractivity contribution in [2.24, 2.45) is 46.8 Å². The predicted octanol–water partition coefficient (Wildman–Crippen LogP) is 7.39. The Morgan fingerprint density at radius 1 is 0.800 bits per heavy atom. The highest BCUT2D eigenvalue weighted by Gasteiger charge is 2.68. The van der Waals surface area contributed by atoms with Crippen molar-refractivity contribution < 1.29 is 0 Å². The number of allylic oxidation sites excluding steroid dienone is 1. The van der Waals surface area contributed by atoms with Gasteiger partial charge in [-0.15, -0.1) is 0 Å². The van der Waals surface area contributed by atoms with Crippen LogP contribution in [-0.4, -0.2) is 0 Å². The molecule has 0 aromatic heterocycles. The molecule has 5 fully saturated rings. The highest BCUT2D eigenvalue weighted by molar-refractivity contribution is 5.22. The fourth-order valence-corrected chi connectivity index (χ4v) is 8.70. The van der Waals surface area contributed by atoms with E-state index in [9.17, 15) is 0 Å². The van der Waals surface area contributed by atoms with Crippen LogP contribution in [0.5, 0.6) is 0 Å². The smallest absolute Gasteiger partial charge is 0.0172 e. The van der Waals surface area contributed by atoms with E-state index in [1.165, 1.54) is 57.8 Å². The van der Waals surface area contributed by atoms with E-state index in [0.717, 1.165) is 46.8 Å². The summed E-state index contributed by atoms with van der Waals surface area (Å²) >= 11 is 0. The molecule has 0 amide bonds. The molecule has 0 nitrogen and oxygen atoms in total.